The van der Waals surface area contributed by atoms with Gasteiger partial charge in [0.1, 0.15) is 11.4 Å². The summed E-state index contributed by atoms with van der Waals surface area (Å²) in [7, 11) is 0. The van der Waals surface area contributed by atoms with Crippen molar-refractivity contribution in [2.75, 3.05) is 5.32 Å². The molecule has 0 saturated heterocycles. The number of carbonyl (C=O) groups is 2. The van der Waals surface area contributed by atoms with E-state index in [0.29, 0.717) is 6.54 Å². The van der Waals surface area contributed by atoms with Crippen LogP contribution in [-0.4, -0.2) is 16.8 Å². The minimum atomic E-state index is -0.339. The number of nitrogens with one attached hydrogen (secondary N) is 2. The minimum absolute atomic E-state index is 0.202. The maximum absolute atomic E-state index is 12.5. The van der Waals surface area contributed by atoms with Crippen molar-refractivity contribution in [1.29, 1.82) is 0 Å². The first-order valence-corrected chi connectivity index (χ1v) is 8.86. The van der Waals surface area contributed by atoms with Crippen LogP contribution in [0, 0.1) is 0 Å². The Morgan fingerprint density at radius 3 is 2.22 bits per heavy atom. The first kappa shape index (κ1) is 18.3. The number of hydrogen-bond acceptors (Lipinski definition) is 3. The fourth-order valence-corrected chi connectivity index (χ4v) is 2.69. The first-order chi connectivity index (χ1) is 13.2. The van der Waals surface area contributed by atoms with Crippen molar-refractivity contribution in [3.63, 3.8) is 0 Å². The third kappa shape index (κ3) is 4.79. The number of aromatic nitrogens is 1. The molecule has 0 spiro atoms. The van der Waals surface area contributed by atoms with E-state index in [4.69, 9.17) is 0 Å². The van der Waals surface area contributed by atoms with Gasteiger partial charge in [0.05, 0.1) is 0 Å². The summed E-state index contributed by atoms with van der Waals surface area (Å²) in [4.78, 5) is 29.1. The molecular weight excluding hydrogens is 338 g/mol. The number of rotatable bonds is 6. The van der Waals surface area contributed by atoms with E-state index in [2.05, 4.69) is 15.6 Å². The van der Waals surface area contributed by atoms with E-state index >= 15 is 0 Å². The Morgan fingerprint density at radius 2 is 1.48 bits per heavy atom. The lowest BCUT2D eigenvalue weighted by molar-refractivity contribution is 0.0945. The average molecular weight is 359 g/mol. The second-order valence-electron chi connectivity index (χ2n) is 6.04. The number of nitrogens with zero attached hydrogens (tertiary/aromatic N) is 1. The third-order valence-corrected chi connectivity index (χ3v) is 4.16. The second kappa shape index (κ2) is 8.76. The molecule has 0 aliphatic heterocycles. The van der Waals surface area contributed by atoms with E-state index in [1.807, 2.05) is 61.5 Å². The molecule has 2 amide bonds. The summed E-state index contributed by atoms with van der Waals surface area (Å²) in [6, 6.07) is 22.1. The van der Waals surface area contributed by atoms with E-state index in [0.717, 1.165) is 23.2 Å². The van der Waals surface area contributed by atoms with Gasteiger partial charge in [0.25, 0.3) is 11.8 Å². The first-order valence-electron chi connectivity index (χ1n) is 8.86. The van der Waals surface area contributed by atoms with Crippen LogP contribution < -0.4 is 10.6 Å². The standard InChI is InChI=1S/C22H21N3O2/c1-2-17-11-6-7-12-18(17)25-22(27)20-14-8-13-19(24-20)21(26)23-15-16-9-4-3-5-10-16/h3-14H,2,15H2,1H3,(H,23,26)(H,25,27). The Morgan fingerprint density at radius 1 is 0.815 bits per heavy atom. The minimum Gasteiger partial charge on any atom is -0.347 e. The number of aryl methyl sites for hydroxylation is 1. The van der Waals surface area contributed by atoms with Gasteiger partial charge in [-0.1, -0.05) is 61.5 Å². The van der Waals surface area contributed by atoms with Crippen molar-refractivity contribution in [1.82, 2.24) is 10.3 Å². The largest absolute Gasteiger partial charge is 0.347 e. The molecule has 5 nitrogen and oxygen atoms in total. The van der Waals surface area contributed by atoms with Crippen LogP contribution in [0.25, 0.3) is 0 Å². The van der Waals surface area contributed by atoms with E-state index in [9.17, 15) is 9.59 Å². The van der Waals surface area contributed by atoms with E-state index in [1.165, 1.54) is 0 Å². The molecule has 136 valence electrons. The Hall–Kier alpha value is -3.47. The quantitative estimate of drug-likeness (QED) is 0.703. The van der Waals surface area contributed by atoms with Crippen LogP contribution in [0.1, 0.15) is 39.0 Å². The van der Waals surface area contributed by atoms with Crippen LogP contribution in [0.2, 0.25) is 0 Å². The number of para-hydroxylation sites is 1. The second-order valence-corrected chi connectivity index (χ2v) is 6.04. The molecule has 2 aromatic carbocycles. The van der Waals surface area contributed by atoms with Crippen molar-refractivity contribution in [3.8, 4) is 0 Å². The molecule has 0 saturated carbocycles. The highest BCUT2D eigenvalue weighted by Gasteiger charge is 2.13. The van der Waals surface area contributed by atoms with Gasteiger partial charge in [-0.2, -0.15) is 0 Å². The van der Waals surface area contributed by atoms with E-state index < -0.39 is 0 Å². The molecule has 1 heterocycles. The Bertz CT molecular complexity index is 939. The molecule has 0 aliphatic carbocycles. The van der Waals surface area contributed by atoms with Gasteiger partial charge in [-0.3, -0.25) is 9.59 Å². The lowest BCUT2D eigenvalue weighted by Gasteiger charge is -2.10. The zero-order valence-corrected chi connectivity index (χ0v) is 15.1. The molecule has 0 unspecified atom stereocenters. The van der Waals surface area contributed by atoms with Crippen molar-refractivity contribution in [2.24, 2.45) is 0 Å². The molecule has 3 aromatic rings. The van der Waals surface area contributed by atoms with Gasteiger partial charge in [0, 0.05) is 12.2 Å². The zero-order chi connectivity index (χ0) is 19.1. The number of pyridine rings is 1. The Kier molecular flexibility index (Phi) is 5.94. The third-order valence-electron chi connectivity index (χ3n) is 4.16. The predicted octanol–water partition coefficient (Wildman–Crippen LogP) is 3.83. The van der Waals surface area contributed by atoms with Crippen LogP contribution in [0.4, 0.5) is 5.69 Å². The lowest BCUT2D eigenvalue weighted by Crippen LogP contribution is -2.25. The summed E-state index contributed by atoms with van der Waals surface area (Å²) in [6.45, 7) is 2.43. The molecule has 0 atom stereocenters. The normalized spacial score (nSPS) is 10.3. The molecule has 3 rings (SSSR count). The smallest absolute Gasteiger partial charge is 0.274 e. The predicted molar refractivity (Wildman–Crippen MR) is 106 cm³/mol. The van der Waals surface area contributed by atoms with Crippen molar-refractivity contribution in [3.05, 3.63) is 95.3 Å². The number of hydrogen-bond donors (Lipinski definition) is 2. The number of amides is 2. The van der Waals surface area contributed by atoms with Crippen LogP contribution in [0.3, 0.4) is 0 Å². The topological polar surface area (TPSA) is 71.1 Å². The molecule has 0 fully saturated rings. The zero-order valence-electron chi connectivity index (χ0n) is 15.1. The van der Waals surface area contributed by atoms with Gasteiger partial charge in [-0.05, 0) is 35.7 Å². The van der Waals surface area contributed by atoms with Gasteiger partial charge in [-0.15, -0.1) is 0 Å². The molecule has 0 aliphatic rings. The highest BCUT2D eigenvalue weighted by molar-refractivity contribution is 6.04. The summed E-state index contributed by atoms with van der Waals surface area (Å²) >= 11 is 0. The average Bonchev–Trinajstić information content (AvgIpc) is 2.73. The summed E-state index contributed by atoms with van der Waals surface area (Å²) in [5, 5.41) is 5.68. The van der Waals surface area contributed by atoms with Crippen molar-refractivity contribution < 1.29 is 9.59 Å². The van der Waals surface area contributed by atoms with Crippen LogP contribution in [-0.2, 0) is 13.0 Å². The summed E-state index contributed by atoms with van der Waals surface area (Å²) < 4.78 is 0. The van der Waals surface area contributed by atoms with Gasteiger partial charge in [0.15, 0.2) is 0 Å². The van der Waals surface area contributed by atoms with Gasteiger partial charge in [0.2, 0.25) is 0 Å². The molecule has 2 N–H and O–H groups in total. The summed E-state index contributed by atoms with van der Waals surface area (Å²) in [5.41, 5.74) is 3.21. The highest BCUT2D eigenvalue weighted by atomic mass is 16.2. The summed E-state index contributed by atoms with van der Waals surface area (Å²) in [5.74, 6) is -0.656. The summed E-state index contributed by atoms with van der Waals surface area (Å²) in [6.07, 6.45) is 0.811. The number of anilines is 1. The van der Waals surface area contributed by atoms with Crippen LogP contribution in [0.5, 0.6) is 0 Å². The molecule has 0 radical (unpaired) electrons. The SMILES string of the molecule is CCc1ccccc1NC(=O)c1cccc(C(=O)NCc2ccccc2)n1. The highest BCUT2D eigenvalue weighted by Crippen LogP contribution is 2.16. The van der Waals surface area contributed by atoms with Crippen LogP contribution in [0.15, 0.2) is 72.8 Å². The molecule has 0 bridgehead atoms. The molecule has 5 heteroatoms. The number of carbonyl (C=O) groups excluding carboxylic acids is 2. The van der Waals surface area contributed by atoms with Gasteiger partial charge < -0.3 is 10.6 Å². The van der Waals surface area contributed by atoms with Crippen molar-refractivity contribution >= 4 is 17.5 Å². The molecular formula is C22H21N3O2. The lowest BCUT2D eigenvalue weighted by atomic mass is 10.1. The Balaban J connectivity index is 1.69. The molecule has 1 aromatic heterocycles. The van der Waals surface area contributed by atoms with Crippen LogP contribution >= 0.6 is 0 Å². The maximum atomic E-state index is 12.5. The van der Waals surface area contributed by atoms with Gasteiger partial charge in [-0.25, -0.2) is 4.98 Å². The molecule has 27 heavy (non-hydrogen) atoms. The fraction of sp³-hybridized carbons (Fsp3) is 0.136. The monoisotopic (exact) mass is 359 g/mol. The fourth-order valence-electron chi connectivity index (χ4n) is 2.69. The van der Waals surface area contributed by atoms with Gasteiger partial charge >= 0.3 is 0 Å². The maximum Gasteiger partial charge on any atom is 0.274 e. The van der Waals surface area contributed by atoms with E-state index in [-0.39, 0.29) is 23.2 Å². The van der Waals surface area contributed by atoms with Crippen molar-refractivity contribution in [2.45, 2.75) is 19.9 Å². The number of benzene rings is 2. The Labute approximate surface area is 158 Å². The van der Waals surface area contributed by atoms with E-state index in [1.54, 1.807) is 18.2 Å².